The summed E-state index contributed by atoms with van der Waals surface area (Å²) < 4.78 is 0. The minimum Gasteiger partial charge on any atom is -0.464 e. The first-order valence-electron chi connectivity index (χ1n) is 5.81. The Morgan fingerprint density at radius 2 is 2.14 bits per heavy atom. The summed E-state index contributed by atoms with van der Waals surface area (Å²) in [6, 6.07) is 5.92. The maximum atomic E-state index is 10.6. The second-order valence-electron chi connectivity index (χ2n) is 4.07. The number of non-ortho nitro benzene ring substituents is 1. The molecule has 9 heteroatoms. The van der Waals surface area contributed by atoms with Gasteiger partial charge in [0.15, 0.2) is 0 Å². The van der Waals surface area contributed by atoms with Gasteiger partial charge in [-0.25, -0.2) is 15.2 Å². The van der Waals surface area contributed by atoms with Gasteiger partial charge in [-0.2, -0.15) is 5.10 Å². The number of imidazole rings is 1. The van der Waals surface area contributed by atoms with E-state index in [2.05, 4.69) is 15.1 Å². The lowest BCUT2D eigenvalue weighted by Gasteiger charge is -1.95. The minimum absolute atomic E-state index is 0.00512. The Morgan fingerprint density at radius 3 is 2.71 bits per heavy atom. The van der Waals surface area contributed by atoms with Gasteiger partial charge in [0.1, 0.15) is 11.5 Å². The molecule has 1 amide bonds. The third-order valence-corrected chi connectivity index (χ3v) is 2.62. The lowest BCUT2D eigenvalue weighted by atomic mass is 10.2. The maximum absolute atomic E-state index is 10.6. The van der Waals surface area contributed by atoms with Crippen molar-refractivity contribution < 1.29 is 14.8 Å². The number of carboxylic acid groups (broad SMARTS) is 1. The molecule has 1 heterocycles. The maximum Gasteiger partial charge on any atom is 0.425 e. The number of amides is 1. The number of nitrogens with one attached hydrogen (secondary N) is 2. The molecule has 2 aromatic rings. The van der Waals surface area contributed by atoms with E-state index in [1.165, 1.54) is 18.3 Å². The van der Waals surface area contributed by atoms with Crippen LogP contribution in [0.1, 0.15) is 11.4 Å². The van der Waals surface area contributed by atoms with Gasteiger partial charge in [0, 0.05) is 23.4 Å². The number of aromatic nitrogens is 2. The summed E-state index contributed by atoms with van der Waals surface area (Å²) in [4.78, 5) is 27.6. The zero-order chi connectivity index (χ0) is 15.4. The number of nitro groups is 1. The summed E-state index contributed by atoms with van der Waals surface area (Å²) in [6.07, 6.45) is 0.00417. The number of aromatic amines is 1. The van der Waals surface area contributed by atoms with Gasteiger partial charge in [0.25, 0.3) is 5.69 Å². The predicted octanol–water partition coefficient (Wildman–Crippen LogP) is 1.89. The van der Waals surface area contributed by atoms with Crippen LogP contribution in [0.3, 0.4) is 0 Å². The van der Waals surface area contributed by atoms with Crippen molar-refractivity contribution in [2.24, 2.45) is 5.10 Å². The molecule has 2 rings (SSSR count). The van der Waals surface area contributed by atoms with Gasteiger partial charge in [-0.05, 0) is 19.1 Å². The van der Waals surface area contributed by atoms with E-state index < -0.39 is 11.0 Å². The fourth-order valence-corrected chi connectivity index (χ4v) is 1.63. The highest BCUT2D eigenvalue weighted by atomic mass is 16.6. The van der Waals surface area contributed by atoms with Crippen molar-refractivity contribution in [3.8, 4) is 11.4 Å². The second-order valence-corrected chi connectivity index (χ2v) is 4.07. The highest BCUT2D eigenvalue weighted by Crippen LogP contribution is 2.20. The number of aryl methyl sites for hydroxylation is 1. The Hall–Kier alpha value is -3.23. The van der Waals surface area contributed by atoms with Crippen molar-refractivity contribution in [1.29, 1.82) is 0 Å². The first-order valence-corrected chi connectivity index (χ1v) is 5.81. The zero-order valence-corrected chi connectivity index (χ0v) is 10.9. The van der Waals surface area contributed by atoms with Gasteiger partial charge >= 0.3 is 6.09 Å². The van der Waals surface area contributed by atoms with Crippen LogP contribution in [0, 0.1) is 17.0 Å². The smallest absolute Gasteiger partial charge is 0.425 e. The molecule has 3 N–H and O–H groups in total. The Bertz CT molecular complexity index is 705. The van der Waals surface area contributed by atoms with Crippen LogP contribution in [0.2, 0.25) is 0 Å². The Balaban J connectivity index is 2.23. The molecule has 0 fully saturated rings. The van der Waals surface area contributed by atoms with E-state index in [-0.39, 0.29) is 5.69 Å². The average Bonchev–Trinajstić information content (AvgIpc) is 2.80. The van der Waals surface area contributed by atoms with Gasteiger partial charge in [-0.15, -0.1) is 0 Å². The topological polar surface area (TPSA) is 134 Å². The largest absolute Gasteiger partial charge is 0.464 e. The van der Waals surface area contributed by atoms with Crippen LogP contribution in [0.25, 0.3) is 11.4 Å². The van der Waals surface area contributed by atoms with Crippen molar-refractivity contribution in [3.63, 3.8) is 0 Å². The van der Waals surface area contributed by atoms with E-state index in [9.17, 15) is 14.9 Å². The van der Waals surface area contributed by atoms with E-state index >= 15 is 0 Å². The number of nitro benzene ring substituents is 1. The third kappa shape index (κ3) is 3.41. The molecule has 0 saturated heterocycles. The highest BCUT2D eigenvalue weighted by Gasteiger charge is 2.09. The van der Waals surface area contributed by atoms with Crippen molar-refractivity contribution in [2.45, 2.75) is 6.92 Å². The summed E-state index contributed by atoms with van der Waals surface area (Å²) in [5.41, 5.74) is 3.68. The fraction of sp³-hybridized carbons (Fsp3) is 0.0833. The molecular weight excluding hydrogens is 278 g/mol. The average molecular weight is 289 g/mol. The quantitative estimate of drug-likeness (QED) is 0.449. The molecule has 1 aromatic heterocycles. The molecule has 0 aliphatic rings. The van der Waals surface area contributed by atoms with Gasteiger partial charge in [0.05, 0.1) is 11.1 Å². The molecule has 1 aromatic carbocycles. The molecule has 108 valence electrons. The Morgan fingerprint density at radius 1 is 1.48 bits per heavy atom. The zero-order valence-electron chi connectivity index (χ0n) is 10.9. The molecule has 0 radical (unpaired) electrons. The van der Waals surface area contributed by atoms with Crippen molar-refractivity contribution >= 4 is 18.0 Å². The number of hydrogen-bond acceptors (Lipinski definition) is 5. The van der Waals surface area contributed by atoms with Crippen LogP contribution in [0.4, 0.5) is 10.5 Å². The van der Waals surface area contributed by atoms with Crippen LogP contribution in [0.15, 0.2) is 29.4 Å². The van der Waals surface area contributed by atoms with Crippen molar-refractivity contribution in [3.05, 3.63) is 45.8 Å². The monoisotopic (exact) mass is 289 g/mol. The number of hydrazone groups is 1. The molecule has 0 spiro atoms. The summed E-state index contributed by atoms with van der Waals surface area (Å²) in [6.45, 7) is 1.75. The summed E-state index contributed by atoms with van der Waals surface area (Å²) in [7, 11) is 0. The number of nitrogens with zero attached hydrogens (tertiary/aromatic N) is 3. The molecule has 21 heavy (non-hydrogen) atoms. The number of carbonyl (C=O) groups is 1. The van der Waals surface area contributed by atoms with Crippen molar-refractivity contribution in [1.82, 2.24) is 15.4 Å². The molecule has 0 aliphatic heterocycles. The summed E-state index contributed by atoms with van der Waals surface area (Å²) >= 11 is 0. The molecule has 9 nitrogen and oxygen atoms in total. The molecule has 0 aliphatic carbocycles. The van der Waals surface area contributed by atoms with Gasteiger partial charge in [0.2, 0.25) is 0 Å². The highest BCUT2D eigenvalue weighted by molar-refractivity contribution is 5.81. The number of hydrogen-bond donors (Lipinski definition) is 3. The van der Waals surface area contributed by atoms with E-state index in [0.717, 1.165) is 0 Å². The van der Waals surface area contributed by atoms with Crippen LogP contribution in [0.5, 0.6) is 0 Å². The van der Waals surface area contributed by atoms with Crippen LogP contribution >= 0.6 is 0 Å². The fourth-order valence-electron chi connectivity index (χ4n) is 1.63. The number of H-pyrrole nitrogens is 1. The van der Waals surface area contributed by atoms with Crippen LogP contribution in [-0.2, 0) is 0 Å². The van der Waals surface area contributed by atoms with Crippen LogP contribution < -0.4 is 5.43 Å². The summed E-state index contributed by atoms with van der Waals surface area (Å²) in [5.74, 6) is 0.513. The standard InChI is InChI=1S/C12H11N5O4/c1-7-10(6-13-16-12(18)19)15-11(14-7)8-2-4-9(5-3-8)17(20)21/h2-6,16H,1H3,(H,14,15)(H,18,19)/b13-6-. The number of rotatable bonds is 4. The molecular formula is C12H11N5O4. The van der Waals surface area contributed by atoms with Gasteiger partial charge in [-0.3, -0.25) is 10.1 Å². The third-order valence-electron chi connectivity index (χ3n) is 2.62. The second kappa shape index (κ2) is 5.82. The normalized spacial score (nSPS) is 10.7. The molecule has 0 unspecified atom stereocenters. The van der Waals surface area contributed by atoms with E-state index in [1.807, 2.05) is 5.43 Å². The van der Waals surface area contributed by atoms with Crippen molar-refractivity contribution in [2.75, 3.05) is 0 Å². The molecule has 0 atom stereocenters. The first kappa shape index (κ1) is 14.2. The van der Waals surface area contributed by atoms with E-state index in [1.54, 1.807) is 19.1 Å². The lowest BCUT2D eigenvalue weighted by Crippen LogP contribution is -2.13. The number of benzene rings is 1. The SMILES string of the molecule is Cc1[nH]c(-c2ccc([N+](=O)[O-])cc2)nc1/C=N\NC(=O)O. The molecule has 0 bridgehead atoms. The van der Waals surface area contributed by atoms with Gasteiger partial charge < -0.3 is 10.1 Å². The van der Waals surface area contributed by atoms with Gasteiger partial charge in [-0.1, -0.05) is 0 Å². The van der Waals surface area contributed by atoms with E-state index in [0.29, 0.717) is 22.8 Å². The van der Waals surface area contributed by atoms with Crippen LogP contribution in [-0.4, -0.2) is 32.3 Å². The predicted molar refractivity (Wildman–Crippen MR) is 74.2 cm³/mol. The molecule has 0 saturated carbocycles. The minimum atomic E-state index is -1.27. The Labute approximate surface area is 118 Å². The Kier molecular flexibility index (Phi) is 3.93. The summed E-state index contributed by atoms with van der Waals surface area (Å²) in [5, 5.41) is 22.5. The lowest BCUT2D eigenvalue weighted by molar-refractivity contribution is -0.384. The first-order chi connectivity index (χ1) is 9.97. The van der Waals surface area contributed by atoms with E-state index in [4.69, 9.17) is 5.11 Å².